The van der Waals surface area contributed by atoms with Gasteiger partial charge in [-0.25, -0.2) is 18.6 Å². The van der Waals surface area contributed by atoms with Crippen LogP contribution in [0.25, 0.3) is 16.7 Å². The quantitative estimate of drug-likeness (QED) is 0.303. The van der Waals surface area contributed by atoms with Gasteiger partial charge in [-0.2, -0.15) is 4.99 Å². The van der Waals surface area contributed by atoms with Crippen LogP contribution in [0, 0.1) is 11.6 Å². The van der Waals surface area contributed by atoms with Gasteiger partial charge in [-0.15, -0.1) is 0 Å². The fraction of sp³-hybridized carbons (Fsp3) is 0.269. The summed E-state index contributed by atoms with van der Waals surface area (Å²) < 4.78 is 42.5. The molecular formula is C26H22F2N4O5. The lowest BCUT2D eigenvalue weighted by atomic mass is 10.1. The molecule has 11 heteroatoms. The molecule has 1 atom stereocenters. The van der Waals surface area contributed by atoms with Gasteiger partial charge in [-0.05, 0) is 50.1 Å². The summed E-state index contributed by atoms with van der Waals surface area (Å²) in [5, 5.41) is 0.0771. The van der Waals surface area contributed by atoms with Gasteiger partial charge in [0, 0.05) is 12.8 Å². The molecule has 1 aromatic carbocycles. The molecule has 3 aromatic heterocycles. The second kappa shape index (κ2) is 10.0. The Morgan fingerprint density at radius 2 is 1.97 bits per heavy atom. The van der Waals surface area contributed by atoms with E-state index in [1.807, 2.05) is 0 Å². The summed E-state index contributed by atoms with van der Waals surface area (Å²) in [6.07, 6.45) is 2.70. The van der Waals surface area contributed by atoms with E-state index >= 15 is 0 Å². The number of hydrogen-bond acceptors (Lipinski definition) is 6. The molecule has 190 valence electrons. The van der Waals surface area contributed by atoms with Crippen LogP contribution >= 0.6 is 0 Å². The molecule has 5 rings (SSSR count). The third-order valence-corrected chi connectivity index (χ3v) is 6.08. The Bertz CT molecular complexity index is 1650. The van der Waals surface area contributed by atoms with Gasteiger partial charge in [-0.3, -0.25) is 14.0 Å². The van der Waals surface area contributed by atoms with E-state index in [2.05, 4.69) is 9.98 Å². The first-order chi connectivity index (χ1) is 17.9. The van der Waals surface area contributed by atoms with Crippen LogP contribution in [0.2, 0.25) is 0 Å². The third kappa shape index (κ3) is 4.53. The first-order valence-corrected chi connectivity index (χ1v) is 11.8. The van der Waals surface area contributed by atoms with Gasteiger partial charge in [0.05, 0.1) is 24.6 Å². The number of amides is 1. The van der Waals surface area contributed by atoms with Crippen LogP contribution in [0.1, 0.15) is 40.5 Å². The lowest BCUT2D eigenvalue weighted by molar-refractivity contribution is 0.0521. The lowest BCUT2D eigenvalue weighted by Gasteiger charge is -2.18. The normalized spacial score (nSPS) is 16.0. The highest BCUT2D eigenvalue weighted by atomic mass is 19.1. The van der Waals surface area contributed by atoms with Crippen molar-refractivity contribution in [3.63, 3.8) is 0 Å². The molecule has 0 N–H and O–H groups in total. The SMILES string of the molecule is CCOC(=O)c1cc2c(=O)n3ccccc3nc2n(C[C@@H]2CCCO2)c1=NC(=O)c1c(F)cccc1F. The number of carbonyl (C=O) groups excluding carboxylic acids is 2. The van der Waals surface area contributed by atoms with E-state index in [9.17, 15) is 23.2 Å². The number of halogens is 2. The maximum atomic E-state index is 14.4. The monoisotopic (exact) mass is 508 g/mol. The van der Waals surface area contributed by atoms with E-state index in [4.69, 9.17) is 9.47 Å². The zero-order valence-corrected chi connectivity index (χ0v) is 19.8. The maximum absolute atomic E-state index is 14.4. The van der Waals surface area contributed by atoms with Crippen molar-refractivity contribution in [2.24, 2.45) is 4.99 Å². The molecule has 4 aromatic rings. The summed E-state index contributed by atoms with van der Waals surface area (Å²) in [5.41, 5.74) is -1.31. The van der Waals surface area contributed by atoms with E-state index in [1.165, 1.54) is 15.0 Å². The topological polar surface area (TPSA) is 104 Å². The molecule has 0 radical (unpaired) electrons. The first-order valence-electron chi connectivity index (χ1n) is 11.8. The molecule has 0 unspecified atom stereocenters. The Morgan fingerprint density at radius 3 is 2.68 bits per heavy atom. The number of carbonyl (C=O) groups is 2. The summed E-state index contributed by atoms with van der Waals surface area (Å²) in [6.45, 7) is 2.21. The van der Waals surface area contributed by atoms with Crippen LogP contribution in [-0.2, 0) is 16.0 Å². The number of pyridine rings is 2. The maximum Gasteiger partial charge on any atom is 0.341 e. The van der Waals surface area contributed by atoms with E-state index in [0.29, 0.717) is 18.7 Å². The second-order valence-corrected chi connectivity index (χ2v) is 8.44. The highest BCUT2D eigenvalue weighted by Crippen LogP contribution is 2.18. The van der Waals surface area contributed by atoms with Crippen LogP contribution in [0.5, 0.6) is 0 Å². The van der Waals surface area contributed by atoms with Crippen molar-refractivity contribution in [1.82, 2.24) is 14.0 Å². The van der Waals surface area contributed by atoms with Crippen LogP contribution < -0.4 is 11.0 Å². The van der Waals surface area contributed by atoms with Crippen molar-refractivity contribution in [3.05, 3.63) is 87.3 Å². The third-order valence-electron chi connectivity index (χ3n) is 6.08. The molecule has 0 spiro atoms. The highest BCUT2D eigenvalue weighted by Gasteiger charge is 2.25. The van der Waals surface area contributed by atoms with Gasteiger partial charge in [0.15, 0.2) is 5.49 Å². The van der Waals surface area contributed by atoms with Crippen LogP contribution in [-0.4, -0.2) is 45.1 Å². The van der Waals surface area contributed by atoms with Crippen LogP contribution in [0.4, 0.5) is 8.78 Å². The summed E-state index contributed by atoms with van der Waals surface area (Å²) in [6, 6.07) is 9.26. The van der Waals surface area contributed by atoms with Crippen LogP contribution in [0.15, 0.2) is 58.4 Å². The lowest BCUT2D eigenvalue weighted by Crippen LogP contribution is -2.35. The van der Waals surface area contributed by atoms with Crippen molar-refractivity contribution >= 4 is 28.6 Å². The molecule has 1 aliphatic heterocycles. The van der Waals surface area contributed by atoms with Gasteiger partial charge in [-0.1, -0.05) is 12.1 Å². The summed E-state index contributed by atoms with van der Waals surface area (Å²) in [5.74, 6) is -4.29. The largest absolute Gasteiger partial charge is 0.462 e. The van der Waals surface area contributed by atoms with Crippen molar-refractivity contribution in [3.8, 4) is 0 Å². The van der Waals surface area contributed by atoms with Gasteiger partial charge >= 0.3 is 5.97 Å². The fourth-order valence-corrected chi connectivity index (χ4v) is 4.38. The summed E-state index contributed by atoms with van der Waals surface area (Å²) in [7, 11) is 0. The van der Waals surface area contributed by atoms with Crippen molar-refractivity contribution in [2.75, 3.05) is 13.2 Å². The zero-order chi connectivity index (χ0) is 26.1. The Hall–Kier alpha value is -4.25. The van der Waals surface area contributed by atoms with Gasteiger partial charge < -0.3 is 14.0 Å². The number of aromatic nitrogens is 3. The van der Waals surface area contributed by atoms with Crippen molar-refractivity contribution in [2.45, 2.75) is 32.4 Å². The standard InChI is InChI=1S/C26H22F2N4O5/c1-2-36-26(35)17-13-16-22(29-20-10-3-4-11-31(20)25(16)34)32(14-15-7-6-12-37-15)23(17)30-24(33)21-18(27)8-5-9-19(21)28/h3-5,8-11,13,15H,2,6-7,12,14H2,1H3/t15-/m0/s1. The summed E-state index contributed by atoms with van der Waals surface area (Å²) in [4.78, 5) is 48.1. The molecule has 1 saturated heterocycles. The minimum Gasteiger partial charge on any atom is -0.462 e. The number of benzene rings is 1. The molecule has 4 heterocycles. The van der Waals surface area contributed by atoms with Crippen molar-refractivity contribution in [1.29, 1.82) is 0 Å². The van der Waals surface area contributed by atoms with Gasteiger partial charge in [0.25, 0.3) is 11.5 Å². The molecule has 1 amide bonds. The number of fused-ring (bicyclic) bond motifs is 2. The zero-order valence-electron chi connectivity index (χ0n) is 19.8. The summed E-state index contributed by atoms with van der Waals surface area (Å²) >= 11 is 0. The number of hydrogen-bond donors (Lipinski definition) is 0. The Kier molecular flexibility index (Phi) is 6.62. The van der Waals surface area contributed by atoms with E-state index in [-0.39, 0.29) is 41.3 Å². The molecule has 9 nitrogen and oxygen atoms in total. The van der Waals surface area contributed by atoms with Crippen LogP contribution in [0.3, 0.4) is 0 Å². The Balaban J connectivity index is 1.88. The van der Waals surface area contributed by atoms with E-state index in [1.54, 1.807) is 31.3 Å². The number of rotatable bonds is 5. The smallest absolute Gasteiger partial charge is 0.341 e. The Morgan fingerprint density at radius 1 is 1.19 bits per heavy atom. The minimum atomic E-state index is -1.24. The molecule has 1 aliphatic rings. The molecule has 0 aliphatic carbocycles. The van der Waals surface area contributed by atoms with E-state index in [0.717, 1.165) is 24.6 Å². The molecule has 0 saturated carbocycles. The average Bonchev–Trinajstić information content (AvgIpc) is 3.39. The van der Waals surface area contributed by atoms with E-state index < -0.39 is 34.6 Å². The number of esters is 1. The predicted molar refractivity (Wildman–Crippen MR) is 128 cm³/mol. The fourth-order valence-electron chi connectivity index (χ4n) is 4.38. The molecule has 0 bridgehead atoms. The molecule has 37 heavy (non-hydrogen) atoms. The van der Waals surface area contributed by atoms with Gasteiger partial charge in [0.1, 0.15) is 34.1 Å². The number of ether oxygens (including phenoxy) is 2. The molecular weight excluding hydrogens is 486 g/mol. The second-order valence-electron chi connectivity index (χ2n) is 8.44. The van der Waals surface area contributed by atoms with Crippen molar-refractivity contribution < 1.29 is 27.8 Å². The van der Waals surface area contributed by atoms with Gasteiger partial charge in [0.2, 0.25) is 0 Å². The average molecular weight is 508 g/mol. The number of nitrogens with zero attached hydrogens (tertiary/aromatic N) is 4. The first kappa shape index (κ1) is 24.4. The minimum absolute atomic E-state index is 0.00683. The predicted octanol–water partition coefficient (Wildman–Crippen LogP) is 3.02. The Labute approximate surface area is 208 Å². The molecule has 1 fully saturated rings. The highest BCUT2D eigenvalue weighted by molar-refractivity contribution is 5.97.